The molecule has 0 saturated carbocycles. The van der Waals surface area contributed by atoms with E-state index in [1.54, 1.807) is 25.1 Å². The zero-order chi connectivity index (χ0) is 14.5. The number of rotatable bonds is 6. The maximum atomic E-state index is 12.4. The maximum absolute atomic E-state index is 12.4. The zero-order valence-electron chi connectivity index (χ0n) is 12.1. The second-order valence-corrected chi connectivity index (χ2v) is 6.49. The third-order valence-electron chi connectivity index (χ3n) is 3.03. The second kappa shape index (κ2) is 6.75. The fourth-order valence-corrected chi connectivity index (χ4v) is 2.85. The number of aromatic nitrogens is 1. The van der Waals surface area contributed by atoms with Crippen LogP contribution in [0.1, 0.15) is 30.6 Å². The lowest BCUT2D eigenvalue weighted by Gasteiger charge is -2.09. The van der Waals surface area contributed by atoms with Gasteiger partial charge in [0.2, 0.25) is 0 Å². The predicted molar refractivity (Wildman–Crippen MR) is 84.8 cm³/mol. The lowest BCUT2D eigenvalue weighted by Crippen LogP contribution is -2.04. The Bertz CT molecular complexity index is 610. The van der Waals surface area contributed by atoms with Crippen molar-refractivity contribution in [3.05, 3.63) is 36.0 Å². The fourth-order valence-electron chi connectivity index (χ4n) is 2.08. The van der Waals surface area contributed by atoms with Gasteiger partial charge in [0.25, 0.3) is 0 Å². The Morgan fingerprint density at radius 1 is 1.35 bits per heavy atom. The van der Waals surface area contributed by atoms with Crippen LogP contribution in [0.25, 0.3) is 10.9 Å². The fraction of sp³-hybridized carbons (Fsp3) is 0.375. The standard InChI is InChI=1S/C16H19NO2S/c1-11(2)20-10-8-14(18)12-6-7-15(19-3)16-13(12)5-4-9-17-16/h4-7,9,11H,8,10H2,1-3H3. The van der Waals surface area contributed by atoms with Crippen molar-refractivity contribution in [1.82, 2.24) is 4.98 Å². The molecule has 0 unspecified atom stereocenters. The van der Waals surface area contributed by atoms with Crippen LogP contribution >= 0.6 is 11.8 Å². The number of carbonyl (C=O) groups excluding carboxylic acids is 1. The van der Waals surface area contributed by atoms with Crippen molar-refractivity contribution in [2.75, 3.05) is 12.9 Å². The number of pyridine rings is 1. The van der Waals surface area contributed by atoms with E-state index < -0.39 is 0 Å². The van der Waals surface area contributed by atoms with E-state index in [9.17, 15) is 4.79 Å². The number of hydrogen-bond donors (Lipinski definition) is 0. The van der Waals surface area contributed by atoms with Gasteiger partial charge in [-0.25, -0.2) is 0 Å². The van der Waals surface area contributed by atoms with E-state index in [1.807, 2.05) is 24.3 Å². The van der Waals surface area contributed by atoms with Gasteiger partial charge in [-0.15, -0.1) is 0 Å². The molecule has 0 bridgehead atoms. The molecule has 1 heterocycles. The number of hydrogen-bond acceptors (Lipinski definition) is 4. The molecule has 20 heavy (non-hydrogen) atoms. The topological polar surface area (TPSA) is 39.2 Å². The van der Waals surface area contributed by atoms with Crippen molar-refractivity contribution >= 4 is 28.4 Å². The molecule has 0 fully saturated rings. The number of methoxy groups -OCH3 is 1. The van der Waals surface area contributed by atoms with Crippen molar-refractivity contribution < 1.29 is 9.53 Å². The largest absolute Gasteiger partial charge is 0.494 e. The van der Waals surface area contributed by atoms with Gasteiger partial charge in [-0.1, -0.05) is 19.9 Å². The maximum Gasteiger partial charge on any atom is 0.164 e. The van der Waals surface area contributed by atoms with Crippen molar-refractivity contribution in [2.45, 2.75) is 25.5 Å². The second-order valence-electron chi connectivity index (χ2n) is 4.81. The highest BCUT2D eigenvalue weighted by atomic mass is 32.2. The quantitative estimate of drug-likeness (QED) is 0.755. The first-order valence-electron chi connectivity index (χ1n) is 6.70. The number of nitrogens with zero attached hydrogens (tertiary/aromatic N) is 1. The zero-order valence-corrected chi connectivity index (χ0v) is 12.9. The highest BCUT2D eigenvalue weighted by Gasteiger charge is 2.13. The highest BCUT2D eigenvalue weighted by Crippen LogP contribution is 2.27. The minimum atomic E-state index is 0.166. The van der Waals surface area contributed by atoms with Crippen LogP contribution < -0.4 is 4.74 Å². The number of ether oxygens (including phenoxy) is 1. The summed E-state index contributed by atoms with van der Waals surface area (Å²) in [5, 5.41) is 1.42. The molecule has 0 aliphatic heterocycles. The molecule has 2 rings (SSSR count). The molecule has 0 saturated heterocycles. The summed E-state index contributed by atoms with van der Waals surface area (Å²) in [6.07, 6.45) is 2.27. The Morgan fingerprint density at radius 3 is 2.85 bits per heavy atom. The molecule has 0 atom stereocenters. The first-order valence-corrected chi connectivity index (χ1v) is 7.75. The van der Waals surface area contributed by atoms with E-state index in [0.29, 0.717) is 17.4 Å². The van der Waals surface area contributed by atoms with E-state index >= 15 is 0 Å². The van der Waals surface area contributed by atoms with Crippen LogP contribution in [0.15, 0.2) is 30.5 Å². The van der Waals surface area contributed by atoms with Crippen LogP contribution in [0.2, 0.25) is 0 Å². The molecule has 0 aliphatic carbocycles. The normalized spacial score (nSPS) is 11.0. The molecule has 0 spiro atoms. The number of ketones is 1. The van der Waals surface area contributed by atoms with Gasteiger partial charge in [-0.2, -0.15) is 11.8 Å². The summed E-state index contributed by atoms with van der Waals surface area (Å²) < 4.78 is 5.30. The molecule has 0 aliphatic rings. The van der Waals surface area contributed by atoms with Crippen LogP contribution in [0.5, 0.6) is 5.75 Å². The molecule has 0 amide bonds. The van der Waals surface area contributed by atoms with Gasteiger partial charge >= 0.3 is 0 Å². The summed E-state index contributed by atoms with van der Waals surface area (Å²) in [5.74, 6) is 1.72. The summed E-state index contributed by atoms with van der Waals surface area (Å²) in [6, 6.07) is 7.43. The van der Waals surface area contributed by atoms with E-state index in [4.69, 9.17) is 4.74 Å². The van der Waals surface area contributed by atoms with E-state index in [2.05, 4.69) is 18.8 Å². The summed E-state index contributed by atoms with van der Waals surface area (Å²) >= 11 is 1.81. The van der Waals surface area contributed by atoms with Gasteiger partial charge in [0, 0.05) is 29.3 Å². The average Bonchev–Trinajstić information content (AvgIpc) is 2.45. The number of Topliss-reactive ketones (excluding diaryl/α,β-unsaturated/α-hetero) is 1. The molecule has 1 aromatic carbocycles. The summed E-state index contributed by atoms with van der Waals surface area (Å²) in [7, 11) is 1.62. The van der Waals surface area contributed by atoms with Crippen LogP contribution in [0.4, 0.5) is 0 Å². The van der Waals surface area contributed by atoms with Gasteiger partial charge in [-0.3, -0.25) is 9.78 Å². The molecular formula is C16H19NO2S. The average molecular weight is 289 g/mol. The molecule has 1 aromatic heterocycles. The number of thioether (sulfide) groups is 1. The van der Waals surface area contributed by atoms with Crippen molar-refractivity contribution in [3.63, 3.8) is 0 Å². The first-order chi connectivity index (χ1) is 9.63. The lowest BCUT2D eigenvalue weighted by molar-refractivity contribution is 0.0991. The Kier molecular flexibility index (Phi) is 5.01. The Hall–Kier alpha value is -1.55. The van der Waals surface area contributed by atoms with Crippen LogP contribution in [-0.2, 0) is 0 Å². The highest BCUT2D eigenvalue weighted by molar-refractivity contribution is 7.99. The van der Waals surface area contributed by atoms with Crippen molar-refractivity contribution in [2.24, 2.45) is 0 Å². The van der Waals surface area contributed by atoms with E-state index in [-0.39, 0.29) is 5.78 Å². The number of carbonyl (C=O) groups is 1. The Morgan fingerprint density at radius 2 is 2.15 bits per heavy atom. The third-order valence-corrected chi connectivity index (χ3v) is 4.14. The molecule has 0 radical (unpaired) electrons. The molecular weight excluding hydrogens is 270 g/mol. The molecule has 2 aromatic rings. The van der Waals surface area contributed by atoms with Crippen molar-refractivity contribution in [3.8, 4) is 5.75 Å². The number of benzene rings is 1. The minimum absolute atomic E-state index is 0.166. The van der Waals surface area contributed by atoms with Gasteiger partial charge < -0.3 is 4.74 Å². The molecule has 0 N–H and O–H groups in total. The molecule has 3 nitrogen and oxygen atoms in total. The summed E-state index contributed by atoms with van der Waals surface area (Å²) in [6.45, 7) is 4.28. The van der Waals surface area contributed by atoms with E-state index in [0.717, 1.165) is 22.2 Å². The third kappa shape index (κ3) is 3.31. The molecule has 4 heteroatoms. The molecule has 106 valence electrons. The van der Waals surface area contributed by atoms with E-state index in [1.165, 1.54) is 0 Å². The van der Waals surface area contributed by atoms with Gasteiger partial charge in [0.05, 0.1) is 7.11 Å². The first kappa shape index (κ1) is 14.9. The Balaban J connectivity index is 2.28. The smallest absolute Gasteiger partial charge is 0.164 e. The van der Waals surface area contributed by atoms with Crippen molar-refractivity contribution in [1.29, 1.82) is 0 Å². The predicted octanol–water partition coefficient (Wildman–Crippen LogP) is 3.96. The monoisotopic (exact) mass is 289 g/mol. The van der Waals surface area contributed by atoms with Gasteiger partial charge in [-0.05, 0) is 23.4 Å². The SMILES string of the molecule is COc1ccc(C(=O)CCSC(C)C)c2cccnc12. The van der Waals surface area contributed by atoms with Gasteiger partial charge in [0.15, 0.2) is 5.78 Å². The Labute approximate surface area is 123 Å². The van der Waals surface area contributed by atoms with Crippen LogP contribution in [0.3, 0.4) is 0 Å². The minimum Gasteiger partial charge on any atom is -0.494 e. The summed E-state index contributed by atoms with van der Waals surface area (Å²) in [4.78, 5) is 16.7. The van der Waals surface area contributed by atoms with Gasteiger partial charge in [0.1, 0.15) is 11.3 Å². The van der Waals surface area contributed by atoms with Crippen LogP contribution in [-0.4, -0.2) is 28.9 Å². The van der Waals surface area contributed by atoms with Crippen LogP contribution in [0, 0.1) is 0 Å². The lowest BCUT2D eigenvalue weighted by atomic mass is 10.0. The summed E-state index contributed by atoms with van der Waals surface area (Å²) in [5.41, 5.74) is 1.48. The number of fused-ring (bicyclic) bond motifs is 1.